The molecule has 0 saturated heterocycles. The molecule has 2 N–H and O–H groups in total. The highest BCUT2D eigenvalue weighted by atomic mass is 79.9. The van der Waals surface area contributed by atoms with Crippen LogP contribution in [0.25, 0.3) is 0 Å². The number of aromatic nitrogens is 3. The van der Waals surface area contributed by atoms with Crippen molar-refractivity contribution in [2.75, 3.05) is 37.9 Å². The fourth-order valence-electron chi connectivity index (χ4n) is 3.68. The van der Waals surface area contributed by atoms with Gasteiger partial charge in [-0.1, -0.05) is 0 Å². The third kappa shape index (κ3) is 5.12. The van der Waals surface area contributed by atoms with Crippen molar-refractivity contribution in [3.8, 4) is 17.4 Å². The zero-order chi connectivity index (χ0) is 22.8. The van der Waals surface area contributed by atoms with E-state index in [9.17, 15) is 0 Å². The fraction of sp³-hybridized carbons (Fsp3) is 0.348. The van der Waals surface area contributed by atoms with Gasteiger partial charge in [0.25, 0.3) is 5.88 Å². The number of rotatable bonds is 7. The maximum Gasteiger partial charge on any atom is 0.257 e. The molecule has 1 aliphatic carbocycles. The van der Waals surface area contributed by atoms with Gasteiger partial charge in [0, 0.05) is 24.0 Å². The minimum absolute atomic E-state index is 0.258. The first-order chi connectivity index (χ1) is 16.0. The first kappa shape index (κ1) is 21.7. The molecule has 10 heteroatoms. The Morgan fingerprint density at radius 1 is 1.03 bits per heavy atom. The summed E-state index contributed by atoms with van der Waals surface area (Å²) in [5, 5.41) is 6.46. The molecule has 0 bridgehead atoms. The van der Waals surface area contributed by atoms with E-state index in [0.717, 1.165) is 34.4 Å². The van der Waals surface area contributed by atoms with Crippen LogP contribution in [0.5, 0.6) is 17.4 Å². The van der Waals surface area contributed by atoms with E-state index in [4.69, 9.17) is 14.2 Å². The minimum atomic E-state index is 0.258. The molecule has 172 valence electrons. The van der Waals surface area contributed by atoms with Crippen molar-refractivity contribution in [1.29, 1.82) is 0 Å². The number of anilines is 4. The average molecular weight is 513 g/mol. The third-order valence-corrected chi connectivity index (χ3v) is 6.23. The number of nitrogens with one attached hydrogen (secondary N) is 2. The van der Waals surface area contributed by atoms with Crippen molar-refractivity contribution >= 4 is 39.1 Å². The highest BCUT2D eigenvalue weighted by Gasteiger charge is 2.32. The Bertz CT molecular complexity index is 1140. The van der Waals surface area contributed by atoms with Crippen LogP contribution in [-0.2, 0) is 0 Å². The molecule has 0 amide bonds. The van der Waals surface area contributed by atoms with E-state index in [-0.39, 0.29) is 6.10 Å². The molecule has 2 aromatic heterocycles. The van der Waals surface area contributed by atoms with Crippen LogP contribution in [0.4, 0.5) is 23.1 Å². The maximum atomic E-state index is 6.12. The van der Waals surface area contributed by atoms with Crippen molar-refractivity contribution in [3.05, 3.63) is 47.2 Å². The lowest BCUT2D eigenvalue weighted by Gasteiger charge is -2.39. The molecule has 1 aliphatic heterocycles. The second kappa shape index (κ2) is 9.40. The number of ether oxygens (including phenoxy) is 3. The monoisotopic (exact) mass is 512 g/mol. The Balaban J connectivity index is 1.22. The molecule has 1 saturated carbocycles. The second-order valence-electron chi connectivity index (χ2n) is 8.21. The second-order valence-corrected chi connectivity index (χ2v) is 9.07. The van der Waals surface area contributed by atoms with Crippen molar-refractivity contribution in [2.24, 2.45) is 0 Å². The van der Waals surface area contributed by atoms with Crippen molar-refractivity contribution in [1.82, 2.24) is 19.9 Å². The lowest BCUT2D eigenvalue weighted by Crippen LogP contribution is -2.46. The van der Waals surface area contributed by atoms with Gasteiger partial charge in [-0.15, -0.1) is 0 Å². The standard InChI is InChI=1S/C23H25BrN6O3/c1-30(2)16-11-17(12-16)33-19-4-3-14(9-18(19)24)28-23-25-6-5-21(29-23)27-15-10-20-22(26-13-15)32-8-7-31-20/h3-6,9-10,13,16-17H,7-8,11-12H2,1-2H3,(H2,25,27,28,29). The molecule has 3 heterocycles. The molecule has 3 aromatic rings. The van der Waals surface area contributed by atoms with Crippen LogP contribution in [0.15, 0.2) is 47.2 Å². The zero-order valence-corrected chi connectivity index (χ0v) is 20.0. The molecule has 9 nitrogen and oxygen atoms in total. The minimum Gasteiger partial charge on any atom is -0.489 e. The summed E-state index contributed by atoms with van der Waals surface area (Å²) in [5.41, 5.74) is 1.60. The molecule has 0 spiro atoms. The predicted octanol–water partition coefficient (Wildman–Crippen LogP) is 4.36. The van der Waals surface area contributed by atoms with E-state index in [1.165, 1.54) is 0 Å². The first-order valence-corrected chi connectivity index (χ1v) is 11.6. The van der Waals surface area contributed by atoms with Gasteiger partial charge >= 0.3 is 0 Å². The lowest BCUT2D eigenvalue weighted by atomic mass is 9.88. The molecule has 0 radical (unpaired) electrons. The number of fused-ring (bicyclic) bond motifs is 1. The summed E-state index contributed by atoms with van der Waals surface area (Å²) in [5.74, 6) is 3.06. The van der Waals surface area contributed by atoms with E-state index in [0.29, 0.717) is 42.7 Å². The third-order valence-electron chi connectivity index (χ3n) is 5.61. The molecule has 1 aromatic carbocycles. The van der Waals surface area contributed by atoms with Gasteiger partial charge in [0.2, 0.25) is 5.95 Å². The summed E-state index contributed by atoms with van der Waals surface area (Å²) < 4.78 is 18.1. The summed E-state index contributed by atoms with van der Waals surface area (Å²) in [6.45, 7) is 1.02. The van der Waals surface area contributed by atoms with Crippen LogP contribution in [0.2, 0.25) is 0 Å². The van der Waals surface area contributed by atoms with Gasteiger partial charge in [-0.25, -0.2) is 9.97 Å². The van der Waals surface area contributed by atoms with E-state index in [1.54, 1.807) is 18.5 Å². The van der Waals surface area contributed by atoms with Crippen molar-refractivity contribution < 1.29 is 14.2 Å². The van der Waals surface area contributed by atoms with Crippen molar-refractivity contribution in [2.45, 2.75) is 25.0 Å². The number of hydrogen-bond donors (Lipinski definition) is 2. The van der Waals surface area contributed by atoms with Gasteiger partial charge in [0.1, 0.15) is 30.9 Å². The molecule has 5 rings (SSSR count). The van der Waals surface area contributed by atoms with Crippen LogP contribution in [0, 0.1) is 0 Å². The highest BCUT2D eigenvalue weighted by Crippen LogP contribution is 2.35. The van der Waals surface area contributed by atoms with Crippen LogP contribution < -0.4 is 24.8 Å². The molecule has 0 unspecified atom stereocenters. The Labute approximate surface area is 200 Å². The summed E-state index contributed by atoms with van der Waals surface area (Å²) in [6, 6.07) is 10.1. The Morgan fingerprint density at radius 3 is 2.70 bits per heavy atom. The van der Waals surface area contributed by atoms with Gasteiger partial charge < -0.3 is 29.7 Å². The highest BCUT2D eigenvalue weighted by molar-refractivity contribution is 9.10. The quantitative estimate of drug-likeness (QED) is 0.478. The predicted molar refractivity (Wildman–Crippen MR) is 129 cm³/mol. The van der Waals surface area contributed by atoms with E-state index in [1.807, 2.05) is 24.3 Å². The molecule has 0 atom stereocenters. The van der Waals surface area contributed by atoms with E-state index < -0.39 is 0 Å². The smallest absolute Gasteiger partial charge is 0.257 e. The molecular formula is C23H25BrN6O3. The van der Waals surface area contributed by atoms with Gasteiger partial charge in [-0.05, 0) is 67.1 Å². The average Bonchev–Trinajstić information content (AvgIpc) is 2.77. The number of halogens is 1. The molecule has 1 fully saturated rings. The Hall–Kier alpha value is -3.11. The first-order valence-electron chi connectivity index (χ1n) is 10.8. The normalized spacial score (nSPS) is 19.0. The largest absolute Gasteiger partial charge is 0.489 e. The number of benzene rings is 1. The van der Waals surface area contributed by atoms with E-state index >= 15 is 0 Å². The van der Waals surface area contributed by atoms with Gasteiger partial charge in [-0.3, -0.25) is 0 Å². The molecular weight excluding hydrogens is 488 g/mol. The van der Waals surface area contributed by atoms with Crippen LogP contribution in [-0.4, -0.2) is 59.3 Å². The molecule has 2 aliphatic rings. The fourth-order valence-corrected chi connectivity index (χ4v) is 4.15. The zero-order valence-electron chi connectivity index (χ0n) is 18.4. The summed E-state index contributed by atoms with van der Waals surface area (Å²) >= 11 is 3.62. The summed E-state index contributed by atoms with van der Waals surface area (Å²) in [7, 11) is 4.22. The van der Waals surface area contributed by atoms with Crippen LogP contribution in [0.3, 0.4) is 0 Å². The lowest BCUT2D eigenvalue weighted by molar-refractivity contribution is 0.0396. The Morgan fingerprint density at radius 2 is 1.88 bits per heavy atom. The van der Waals surface area contributed by atoms with E-state index in [2.05, 4.69) is 60.5 Å². The number of nitrogens with zero attached hydrogens (tertiary/aromatic N) is 4. The van der Waals surface area contributed by atoms with Gasteiger partial charge in [0.15, 0.2) is 5.75 Å². The van der Waals surface area contributed by atoms with Gasteiger partial charge in [0.05, 0.1) is 16.4 Å². The summed E-state index contributed by atoms with van der Waals surface area (Å²) in [6.07, 6.45) is 5.72. The topological polar surface area (TPSA) is 93.7 Å². The van der Waals surface area contributed by atoms with Crippen molar-refractivity contribution in [3.63, 3.8) is 0 Å². The Kier molecular flexibility index (Phi) is 6.19. The van der Waals surface area contributed by atoms with Crippen LogP contribution >= 0.6 is 15.9 Å². The number of pyridine rings is 1. The summed E-state index contributed by atoms with van der Waals surface area (Å²) in [4.78, 5) is 15.4. The van der Waals surface area contributed by atoms with Crippen LogP contribution in [0.1, 0.15) is 12.8 Å². The maximum absolute atomic E-state index is 6.12. The number of hydrogen-bond acceptors (Lipinski definition) is 9. The molecule has 33 heavy (non-hydrogen) atoms. The SMILES string of the molecule is CN(C)C1CC(Oc2ccc(Nc3nccc(Nc4cnc5c(c4)OCCO5)n3)cc2Br)C1. The van der Waals surface area contributed by atoms with Gasteiger partial charge in [-0.2, -0.15) is 4.98 Å².